The van der Waals surface area contributed by atoms with Crippen molar-refractivity contribution < 1.29 is 15.0 Å². The van der Waals surface area contributed by atoms with Crippen molar-refractivity contribution >= 4 is 5.97 Å². The third-order valence-electron chi connectivity index (χ3n) is 1.84. The molecule has 0 aliphatic rings. The van der Waals surface area contributed by atoms with Crippen LogP contribution in [0, 0.1) is 0 Å². The zero-order chi connectivity index (χ0) is 11.3. The van der Waals surface area contributed by atoms with Gasteiger partial charge in [-0.2, -0.15) is 0 Å². The van der Waals surface area contributed by atoms with Crippen molar-refractivity contribution in [2.45, 2.75) is 12.5 Å². The summed E-state index contributed by atoms with van der Waals surface area (Å²) in [6, 6.07) is 4.95. The molecule has 6 nitrogen and oxygen atoms in total. The number of carboxylic acid groups (broad SMARTS) is 1. The lowest BCUT2D eigenvalue weighted by molar-refractivity contribution is -0.138. The van der Waals surface area contributed by atoms with Crippen LogP contribution in [0.3, 0.4) is 0 Å². The van der Waals surface area contributed by atoms with E-state index >= 15 is 0 Å². The Labute approximate surface area is 85.4 Å². The van der Waals surface area contributed by atoms with Crippen LogP contribution in [0.1, 0.15) is 5.56 Å². The first-order chi connectivity index (χ1) is 7.13. The van der Waals surface area contributed by atoms with E-state index in [9.17, 15) is 4.79 Å². The summed E-state index contributed by atoms with van der Waals surface area (Å²) in [6.07, 6.45) is 0.111. The highest BCUT2D eigenvalue weighted by atomic mass is 16.4. The molecule has 1 rings (SSSR count). The summed E-state index contributed by atoms with van der Waals surface area (Å²) in [7, 11) is 0. The molecule has 6 heteroatoms. The molecule has 0 aliphatic carbocycles. The number of azide groups is 1. The first kappa shape index (κ1) is 10.9. The topological polar surface area (TPSA) is 106 Å². The van der Waals surface area contributed by atoms with E-state index in [-0.39, 0.29) is 12.2 Å². The van der Waals surface area contributed by atoms with Crippen molar-refractivity contribution in [3.63, 3.8) is 0 Å². The zero-order valence-electron chi connectivity index (χ0n) is 7.74. The summed E-state index contributed by atoms with van der Waals surface area (Å²) >= 11 is 0. The maximum atomic E-state index is 10.6. The van der Waals surface area contributed by atoms with Gasteiger partial charge in [0.15, 0.2) is 0 Å². The average molecular weight is 207 g/mol. The molecule has 0 saturated carbocycles. The molecular formula is C9H9N3O3. The Morgan fingerprint density at radius 3 is 2.53 bits per heavy atom. The molecule has 1 aromatic carbocycles. The van der Waals surface area contributed by atoms with Crippen molar-refractivity contribution in [1.29, 1.82) is 0 Å². The van der Waals surface area contributed by atoms with Crippen molar-refractivity contribution in [3.05, 3.63) is 40.3 Å². The van der Waals surface area contributed by atoms with E-state index in [1.54, 1.807) is 12.1 Å². The second kappa shape index (κ2) is 4.88. The van der Waals surface area contributed by atoms with Crippen molar-refractivity contribution in [2.75, 3.05) is 0 Å². The number of rotatable bonds is 4. The van der Waals surface area contributed by atoms with Crippen LogP contribution < -0.4 is 0 Å². The minimum absolute atomic E-state index is 0.106. The fraction of sp³-hybridized carbons (Fsp3) is 0.222. The molecule has 15 heavy (non-hydrogen) atoms. The molecule has 0 saturated heterocycles. The highest BCUT2D eigenvalue weighted by molar-refractivity contribution is 5.74. The summed E-state index contributed by atoms with van der Waals surface area (Å²) in [5.41, 5.74) is 8.85. The number of hydrogen-bond donors (Lipinski definition) is 2. The Morgan fingerprint density at radius 2 is 2.07 bits per heavy atom. The number of aliphatic carboxylic acids is 1. The van der Waals surface area contributed by atoms with Gasteiger partial charge in [0.25, 0.3) is 0 Å². The minimum atomic E-state index is -1.17. The van der Waals surface area contributed by atoms with Gasteiger partial charge in [0.1, 0.15) is 11.8 Å². The van der Waals surface area contributed by atoms with Gasteiger partial charge in [0, 0.05) is 4.91 Å². The lowest BCUT2D eigenvalue weighted by atomic mass is 10.1. The van der Waals surface area contributed by atoms with Gasteiger partial charge >= 0.3 is 5.97 Å². The maximum Gasteiger partial charge on any atom is 0.312 e. The van der Waals surface area contributed by atoms with Gasteiger partial charge in [0.05, 0.1) is 0 Å². The number of carboxylic acids is 1. The molecule has 0 fully saturated rings. The standard InChI is InChI=1S/C9H9N3O3/c10-12-11-8(9(14)15)5-6-1-3-7(13)4-2-6/h1-4,8,13H,5H2,(H,14,15)/t8-/m0/s1. The summed E-state index contributed by atoms with van der Waals surface area (Å²) < 4.78 is 0. The van der Waals surface area contributed by atoms with Gasteiger partial charge in [-0.1, -0.05) is 17.2 Å². The van der Waals surface area contributed by atoms with E-state index in [4.69, 9.17) is 15.7 Å². The summed E-state index contributed by atoms with van der Waals surface area (Å²) in [6.45, 7) is 0. The fourth-order valence-electron chi connectivity index (χ4n) is 1.10. The molecule has 0 amide bonds. The molecule has 1 atom stereocenters. The molecule has 78 valence electrons. The van der Waals surface area contributed by atoms with Crippen LogP contribution in [-0.4, -0.2) is 22.2 Å². The number of aromatic hydroxyl groups is 1. The number of hydrogen-bond acceptors (Lipinski definition) is 3. The van der Waals surface area contributed by atoms with Crippen molar-refractivity contribution in [3.8, 4) is 5.75 Å². The smallest absolute Gasteiger partial charge is 0.312 e. The second-order valence-electron chi connectivity index (χ2n) is 2.93. The van der Waals surface area contributed by atoms with Crippen LogP contribution in [0.5, 0.6) is 5.75 Å². The Kier molecular flexibility index (Phi) is 3.54. The van der Waals surface area contributed by atoms with Gasteiger partial charge in [-0.25, -0.2) is 0 Å². The van der Waals surface area contributed by atoms with Gasteiger partial charge in [-0.05, 0) is 29.6 Å². The van der Waals surface area contributed by atoms with E-state index in [1.807, 2.05) is 0 Å². The molecule has 0 heterocycles. The fourth-order valence-corrected chi connectivity index (χ4v) is 1.10. The van der Waals surface area contributed by atoms with Gasteiger partial charge in [-0.3, -0.25) is 4.79 Å². The molecular weight excluding hydrogens is 198 g/mol. The molecule has 0 aromatic heterocycles. The molecule has 0 radical (unpaired) electrons. The van der Waals surface area contributed by atoms with Crippen LogP contribution in [-0.2, 0) is 11.2 Å². The molecule has 0 spiro atoms. The third kappa shape index (κ3) is 3.21. The first-order valence-corrected chi connectivity index (χ1v) is 4.18. The first-order valence-electron chi connectivity index (χ1n) is 4.18. The van der Waals surface area contributed by atoms with E-state index in [1.165, 1.54) is 12.1 Å². The minimum Gasteiger partial charge on any atom is -0.508 e. The van der Waals surface area contributed by atoms with Gasteiger partial charge in [0.2, 0.25) is 0 Å². The van der Waals surface area contributed by atoms with Crippen LogP contribution in [0.15, 0.2) is 29.4 Å². The van der Waals surface area contributed by atoms with Crippen LogP contribution in [0.2, 0.25) is 0 Å². The highest BCUT2D eigenvalue weighted by Gasteiger charge is 2.15. The number of phenolic OH excluding ortho intramolecular Hbond substituents is 1. The predicted molar refractivity (Wildman–Crippen MR) is 52.4 cm³/mol. The largest absolute Gasteiger partial charge is 0.508 e. The zero-order valence-corrected chi connectivity index (χ0v) is 7.74. The van der Waals surface area contributed by atoms with Crippen LogP contribution >= 0.6 is 0 Å². The second-order valence-corrected chi connectivity index (χ2v) is 2.93. The normalized spacial score (nSPS) is 11.5. The summed E-state index contributed by atoms with van der Waals surface area (Å²) in [5.74, 6) is -1.06. The molecule has 0 aliphatic heterocycles. The molecule has 1 aromatic rings. The molecule has 0 bridgehead atoms. The Bertz CT molecular complexity index is 394. The van der Waals surface area contributed by atoms with Crippen LogP contribution in [0.4, 0.5) is 0 Å². The Hall–Kier alpha value is -2.20. The van der Waals surface area contributed by atoms with E-state index in [0.29, 0.717) is 5.56 Å². The van der Waals surface area contributed by atoms with Gasteiger partial charge in [-0.15, -0.1) is 0 Å². The third-order valence-corrected chi connectivity index (χ3v) is 1.84. The highest BCUT2D eigenvalue weighted by Crippen LogP contribution is 2.12. The maximum absolute atomic E-state index is 10.6. The molecule has 2 N–H and O–H groups in total. The summed E-state index contributed by atoms with van der Waals surface area (Å²) in [4.78, 5) is 13.1. The lowest BCUT2D eigenvalue weighted by Gasteiger charge is -2.05. The SMILES string of the molecule is [N-]=[N+]=N[C@@H](Cc1ccc(O)cc1)C(=O)O. The van der Waals surface area contributed by atoms with E-state index < -0.39 is 12.0 Å². The number of phenols is 1. The molecule has 0 unspecified atom stereocenters. The predicted octanol–water partition coefficient (Wildman–Crippen LogP) is 1.70. The van der Waals surface area contributed by atoms with E-state index in [0.717, 1.165) is 0 Å². The average Bonchev–Trinajstić information content (AvgIpc) is 2.20. The van der Waals surface area contributed by atoms with Crippen molar-refractivity contribution in [2.24, 2.45) is 5.11 Å². The van der Waals surface area contributed by atoms with Crippen molar-refractivity contribution in [1.82, 2.24) is 0 Å². The number of nitrogens with zero attached hydrogens (tertiary/aromatic N) is 3. The summed E-state index contributed by atoms with van der Waals surface area (Å²) in [5, 5.41) is 20.9. The Balaban J connectivity index is 2.78. The van der Waals surface area contributed by atoms with Crippen LogP contribution in [0.25, 0.3) is 10.4 Å². The quantitative estimate of drug-likeness (QED) is 0.445. The number of benzene rings is 1. The van der Waals surface area contributed by atoms with E-state index in [2.05, 4.69) is 10.0 Å². The number of carbonyl (C=O) groups is 1. The lowest BCUT2D eigenvalue weighted by Crippen LogP contribution is -2.19. The Morgan fingerprint density at radius 1 is 1.47 bits per heavy atom. The van der Waals surface area contributed by atoms with Gasteiger partial charge < -0.3 is 10.2 Å². The monoisotopic (exact) mass is 207 g/mol.